The smallest absolute Gasteiger partial charge is 0.243 e. The van der Waals surface area contributed by atoms with Crippen LogP contribution >= 0.6 is 0 Å². The lowest BCUT2D eigenvalue weighted by atomic mass is 9.81. The summed E-state index contributed by atoms with van der Waals surface area (Å²) in [5.74, 6) is -1.10. The normalized spacial score (nSPS) is 22.1. The molecule has 0 spiro atoms. The Morgan fingerprint density at radius 1 is 1.06 bits per heavy atom. The summed E-state index contributed by atoms with van der Waals surface area (Å²) < 4.78 is 57.1. The number of sulfonamides is 1. The van der Waals surface area contributed by atoms with E-state index >= 15 is 0 Å². The van der Waals surface area contributed by atoms with Crippen LogP contribution in [-0.4, -0.2) is 40.4 Å². The van der Waals surface area contributed by atoms with Crippen LogP contribution in [0.4, 0.5) is 8.78 Å². The molecule has 3 heterocycles. The van der Waals surface area contributed by atoms with Gasteiger partial charge in [0.1, 0.15) is 11.6 Å². The molecule has 1 aromatic heterocycles. The zero-order valence-corrected chi connectivity index (χ0v) is 19.7. The maximum absolute atomic E-state index is 14.4. The van der Waals surface area contributed by atoms with E-state index in [0.717, 1.165) is 23.5 Å². The fourth-order valence-electron chi connectivity index (χ4n) is 5.25. The highest BCUT2D eigenvalue weighted by molar-refractivity contribution is 7.89. The number of halogens is 2. The number of fused-ring (bicyclic) bond motifs is 1. The third kappa shape index (κ3) is 3.96. The second-order valence-corrected chi connectivity index (χ2v) is 11.1. The van der Waals surface area contributed by atoms with E-state index in [9.17, 15) is 22.0 Å². The van der Waals surface area contributed by atoms with Crippen molar-refractivity contribution in [1.29, 1.82) is 0 Å². The molecule has 3 aliphatic rings. The predicted octanol–water partition coefficient (Wildman–Crippen LogP) is 4.03. The topological polar surface area (TPSA) is 72.3 Å². The molecule has 2 saturated heterocycles. The minimum Gasteiger partial charge on any atom is -0.298 e. The number of nitrogens with zero attached hydrogens (tertiary/aromatic N) is 3. The van der Waals surface area contributed by atoms with Gasteiger partial charge in [0.2, 0.25) is 10.0 Å². The van der Waals surface area contributed by atoms with E-state index in [1.807, 2.05) is 19.1 Å². The first-order valence-corrected chi connectivity index (χ1v) is 12.7. The maximum atomic E-state index is 14.4. The van der Waals surface area contributed by atoms with Crippen molar-refractivity contribution in [3.63, 3.8) is 0 Å². The molecule has 1 saturated carbocycles. The van der Waals surface area contributed by atoms with Crippen LogP contribution in [0.25, 0.3) is 11.3 Å². The van der Waals surface area contributed by atoms with Gasteiger partial charge in [-0.05, 0) is 86.2 Å². The molecular formula is C25H25F2N3O3S. The Kier molecular flexibility index (Phi) is 5.64. The van der Waals surface area contributed by atoms with Gasteiger partial charge in [-0.3, -0.25) is 9.48 Å². The molecule has 3 aromatic rings. The molecule has 1 aliphatic carbocycles. The fraction of sp³-hybridized carbons (Fsp3) is 0.360. The minimum atomic E-state index is -3.92. The van der Waals surface area contributed by atoms with E-state index in [2.05, 4.69) is 5.10 Å². The molecule has 3 fully saturated rings. The number of benzene rings is 2. The second-order valence-electron chi connectivity index (χ2n) is 9.23. The van der Waals surface area contributed by atoms with E-state index in [-0.39, 0.29) is 29.1 Å². The van der Waals surface area contributed by atoms with E-state index in [1.165, 1.54) is 28.6 Å². The molecule has 6 nitrogen and oxygen atoms in total. The van der Waals surface area contributed by atoms with E-state index < -0.39 is 27.7 Å². The largest absolute Gasteiger partial charge is 0.298 e. The maximum Gasteiger partial charge on any atom is 0.243 e. The van der Waals surface area contributed by atoms with Gasteiger partial charge in [-0.1, -0.05) is 0 Å². The number of ketones is 1. The van der Waals surface area contributed by atoms with Crippen molar-refractivity contribution in [2.75, 3.05) is 0 Å². The Morgan fingerprint density at radius 3 is 2.41 bits per heavy atom. The van der Waals surface area contributed by atoms with Crippen LogP contribution in [0.1, 0.15) is 30.5 Å². The third-order valence-electron chi connectivity index (χ3n) is 6.86. The van der Waals surface area contributed by atoms with Gasteiger partial charge in [0.05, 0.1) is 22.3 Å². The number of Topliss-reactive ketones (excluding diaryl/α,β-unsaturated/α-hetero) is 1. The lowest BCUT2D eigenvalue weighted by Gasteiger charge is -2.25. The number of hydrogen-bond acceptors (Lipinski definition) is 4. The Hall–Kier alpha value is -2.91. The fourth-order valence-corrected chi connectivity index (χ4v) is 7.12. The highest BCUT2D eigenvalue weighted by atomic mass is 32.2. The van der Waals surface area contributed by atoms with Crippen molar-refractivity contribution >= 4 is 15.8 Å². The molecule has 0 amide bonds. The van der Waals surface area contributed by atoms with Crippen LogP contribution in [-0.2, 0) is 28.3 Å². The molecular weight excluding hydrogens is 460 g/mol. The minimum absolute atomic E-state index is 0.00629. The summed E-state index contributed by atoms with van der Waals surface area (Å²) in [7, 11) is -2.13. The quantitative estimate of drug-likeness (QED) is 0.507. The Labute approximate surface area is 197 Å². The standard InChI is InChI=1S/C25H25F2N3O3S/c1-15-9-23(29(2)28-15)17-10-16(11-20(27)12-17)3-8-24(31)25-18-13-21(14-18)30(25)34(32,33)22-6-4-19(26)5-7-22/h4-7,9-12,18,21,25H,3,8,13-14H2,1-2H3/t18?,21?,25-/m0/s1. The van der Waals surface area contributed by atoms with Gasteiger partial charge in [0, 0.05) is 25.1 Å². The molecule has 34 heavy (non-hydrogen) atoms. The summed E-state index contributed by atoms with van der Waals surface area (Å²) in [4.78, 5) is 13.2. The van der Waals surface area contributed by atoms with E-state index in [0.29, 0.717) is 30.4 Å². The molecule has 0 radical (unpaired) electrons. The molecule has 2 aliphatic heterocycles. The number of hydrogen-bond donors (Lipinski definition) is 0. The summed E-state index contributed by atoms with van der Waals surface area (Å²) in [6.45, 7) is 1.86. The van der Waals surface area contributed by atoms with Gasteiger partial charge in [-0.2, -0.15) is 9.40 Å². The van der Waals surface area contributed by atoms with Crippen molar-refractivity contribution in [3.05, 3.63) is 71.4 Å². The van der Waals surface area contributed by atoms with Crippen molar-refractivity contribution < 1.29 is 22.0 Å². The molecule has 6 rings (SSSR count). The van der Waals surface area contributed by atoms with Gasteiger partial charge < -0.3 is 0 Å². The summed E-state index contributed by atoms with van der Waals surface area (Å²) >= 11 is 0. The highest BCUT2D eigenvalue weighted by Crippen LogP contribution is 2.49. The number of aryl methyl sites for hydroxylation is 3. The number of aromatic nitrogens is 2. The van der Waals surface area contributed by atoms with Gasteiger partial charge >= 0.3 is 0 Å². The van der Waals surface area contributed by atoms with Crippen LogP contribution < -0.4 is 0 Å². The average Bonchev–Trinajstić information content (AvgIpc) is 3.43. The first-order valence-electron chi connectivity index (χ1n) is 11.3. The number of rotatable bonds is 7. The van der Waals surface area contributed by atoms with Crippen LogP contribution in [0.2, 0.25) is 0 Å². The van der Waals surface area contributed by atoms with Gasteiger partial charge in [0.25, 0.3) is 0 Å². The Balaban J connectivity index is 1.35. The zero-order valence-electron chi connectivity index (χ0n) is 18.9. The summed E-state index contributed by atoms with van der Waals surface area (Å²) in [6.07, 6.45) is 1.72. The van der Waals surface area contributed by atoms with Crippen LogP contribution in [0.15, 0.2) is 53.4 Å². The third-order valence-corrected chi connectivity index (χ3v) is 8.81. The molecule has 178 valence electrons. The van der Waals surface area contributed by atoms with Crippen LogP contribution in [0.3, 0.4) is 0 Å². The molecule has 9 heteroatoms. The molecule has 0 N–H and O–H groups in total. The van der Waals surface area contributed by atoms with Crippen LogP contribution in [0.5, 0.6) is 0 Å². The van der Waals surface area contributed by atoms with Crippen molar-refractivity contribution in [3.8, 4) is 11.3 Å². The second kappa shape index (κ2) is 8.39. The number of carbonyl (C=O) groups is 1. The van der Waals surface area contributed by atoms with Crippen molar-refractivity contribution in [2.24, 2.45) is 13.0 Å². The van der Waals surface area contributed by atoms with Crippen molar-refractivity contribution in [1.82, 2.24) is 14.1 Å². The molecule has 0 unspecified atom stereocenters. The lowest BCUT2D eigenvalue weighted by molar-refractivity contribution is -0.122. The first kappa shape index (κ1) is 22.9. The zero-order chi connectivity index (χ0) is 24.2. The average molecular weight is 486 g/mol. The summed E-state index contributed by atoms with van der Waals surface area (Å²) in [5, 5.41) is 4.30. The van der Waals surface area contributed by atoms with Crippen LogP contribution in [0, 0.1) is 24.5 Å². The Bertz CT molecular complexity index is 1360. The highest BCUT2D eigenvalue weighted by Gasteiger charge is 2.57. The number of carbonyl (C=O) groups excluding carboxylic acids is 1. The molecule has 1 atom stereocenters. The molecule has 2 aromatic carbocycles. The lowest BCUT2D eigenvalue weighted by Crippen LogP contribution is -2.41. The summed E-state index contributed by atoms with van der Waals surface area (Å²) in [5.41, 5.74) is 2.94. The summed E-state index contributed by atoms with van der Waals surface area (Å²) in [6, 6.07) is 10.3. The predicted molar refractivity (Wildman–Crippen MR) is 122 cm³/mol. The monoisotopic (exact) mass is 485 g/mol. The SMILES string of the molecule is Cc1cc(-c2cc(F)cc(CCC(=O)[C@@H]3C4CC(C4)N3S(=O)(=O)c3ccc(F)cc3)c2)n(C)n1. The Morgan fingerprint density at radius 2 is 1.76 bits per heavy atom. The first-order chi connectivity index (χ1) is 16.1. The molecule has 2 bridgehead atoms. The van der Waals surface area contributed by atoms with Crippen molar-refractivity contribution in [2.45, 2.75) is 49.6 Å². The van der Waals surface area contributed by atoms with Gasteiger partial charge in [-0.25, -0.2) is 17.2 Å². The van der Waals surface area contributed by atoms with E-state index in [1.54, 1.807) is 11.7 Å². The van der Waals surface area contributed by atoms with Gasteiger partial charge in [0.15, 0.2) is 5.78 Å². The van der Waals surface area contributed by atoms with E-state index in [4.69, 9.17) is 0 Å². The van der Waals surface area contributed by atoms with Gasteiger partial charge in [-0.15, -0.1) is 0 Å².